The van der Waals surface area contributed by atoms with Gasteiger partial charge in [0.2, 0.25) is 0 Å². The lowest BCUT2D eigenvalue weighted by atomic mass is 9.84. The van der Waals surface area contributed by atoms with E-state index in [-0.39, 0.29) is 0 Å². The number of thioether (sulfide) groups is 1. The molecular formula is C20H15N3S2. The van der Waals surface area contributed by atoms with Crippen molar-refractivity contribution in [3.63, 3.8) is 0 Å². The maximum atomic E-state index is 4.20. The van der Waals surface area contributed by atoms with Gasteiger partial charge in [-0.1, -0.05) is 107 Å². The molecule has 0 atom stereocenters. The first kappa shape index (κ1) is 16.0. The van der Waals surface area contributed by atoms with Gasteiger partial charge in [-0.05, 0) is 21.9 Å². The Hall–Kier alpha value is -2.50. The fourth-order valence-corrected chi connectivity index (χ4v) is 4.93. The molecule has 0 amide bonds. The van der Waals surface area contributed by atoms with Gasteiger partial charge in [0.15, 0.2) is 4.34 Å². The molecule has 0 aliphatic carbocycles. The van der Waals surface area contributed by atoms with E-state index in [1.54, 1.807) is 11.8 Å². The van der Waals surface area contributed by atoms with E-state index in [2.05, 4.69) is 87.6 Å². The molecule has 1 aromatic heterocycles. The molecule has 0 N–H and O–H groups in total. The zero-order valence-electron chi connectivity index (χ0n) is 13.3. The Morgan fingerprint density at radius 2 is 1.08 bits per heavy atom. The molecule has 1 heterocycles. The SMILES string of the molecule is c1ccc(C(Sc2nnns2)(c2ccccc2)c2ccccc2)cc1. The Bertz CT molecular complexity index is 814. The monoisotopic (exact) mass is 361 g/mol. The summed E-state index contributed by atoms with van der Waals surface area (Å²) in [6.45, 7) is 0. The van der Waals surface area contributed by atoms with Gasteiger partial charge in [-0.15, -0.1) is 5.10 Å². The van der Waals surface area contributed by atoms with Crippen molar-refractivity contribution in [2.24, 2.45) is 0 Å². The van der Waals surface area contributed by atoms with E-state index < -0.39 is 4.75 Å². The van der Waals surface area contributed by atoms with Crippen molar-refractivity contribution < 1.29 is 0 Å². The fraction of sp³-hybridized carbons (Fsp3) is 0.0500. The van der Waals surface area contributed by atoms with Crippen LogP contribution in [-0.4, -0.2) is 14.8 Å². The molecule has 0 aliphatic rings. The van der Waals surface area contributed by atoms with E-state index >= 15 is 0 Å². The number of rotatable bonds is 5. The van der Waals surface area contributed by atoms with Gasteiger partial charge in [0.1, 0.15) is 0 Å². The van der Waals surface area contributed by atoms with E-state index in [0.29, 0.717) is 0 Å². The van der Waals surface area contributed by atoms with Crippen LogP contribution in [0.3, 0.4) is 0 Å². The van der Waals surface area contributed by atoms with Gasteiger partial charge in [-0.2, -0.15) is 0 Å². The highest BCUT2D eigenvalue weighted by Crippen LogP contribution is 2.51. The summed E-state index contributed by atoms with van der Waals surface area (Å²) in [4.78, 5) is 0. The molecular weight excluding hydrogens is 346 g/mol. The molecule has 0 unspecified atom stereocenters. The molecule has 0 radical (unpaired) electrons. The number of nitrogens with zero attached hydrogens (tertiary/aromatic N) is 3. The summed E-state index contributed by atoms with van der Waals surface area (Å²) in [6, 6.07) is 31.6. The third-order valence-electron chi connectivity index (χ3n) is 4.06. The molecule has 25 heavy (non-hydrogen) atoms. The van der Waals surface area contributed by atoms with Crippen LogP contribution in [0, 0.1) is 0 Å². The highest BCUT2D eigenvalue weighted by atomic mass is 32.2. The van der Waals surface area contributed by atoms with E-state index in [1.807, 2.05) is 18.2 Å². The summed E-state index contributed by atoms with van der Waals surface area (Å²) >= 11 is 3.01. The molecule has 0 spiro atoms. The highest BCUT2D eigenvalue weighted by molar-refractivity contribution is 8.02. The van der Waals surface area contributed by atoms with E-state index in [0.717, 1.165) is 4.34 Å². The summed E-state index contributed by atoms with van der Waals surface area (Å²) < 4.78 is 4.38. The van der Waals surface area contributed by atoms with E-state index in [1.165, 1.54) is 28.2 Å². The Balaban J connectivity index is 2.01. The molecule has 3 aromatic carbocycles. The van der Waals surface area contributed by atoms with E-state index in [9.17, 15) is 0 Å². The molecule has 0 saturated carbocycles. The average molecular weight is 361 g/mol. The van der Waals surface area contributed by atoms with Crippen LogP contribution in [0.25, 0.3) is 0 Å². The molecule has 0 saturated heterocycles. The van der Waals surface area contributed by atoms with Gasteiger partial charge < -0.3 is 0 Å². The number of benzene rings is 3. The first-order chi connectivity index (χ1) is 12.4. The topological polar surface area (TPSA) is 38.7 Å². The zero-order chi connectivity index (χ0) is 17.0. The van der Waals surface area contributed by atoms with Gasteiger partial charge in [-0.25, -0.2) is 0 Å². The predicted molar refractivity (Wildman–Crippen MR) is 103 cm³/mol. The minimum atomic E-state index is -0.412. The first-order valence-corrected chi connectivity index (χ1v) is 9.49. The standard InChI is InChI=1S/C20H15N3S2/c1-4-10-16(11-5-1)20(17-12-6-2-7-13-17,18-14-8-3-9-15-18)24-19-21-22-23-25-19/h1-15H. The number of hydrogen-bond donors (Lipinski definition) is 0. The van der Waals surface area contributed by atoms with Gasteiger partial charge in [0, 0.05) is 11.5 Å². The highest BCUT2D eigenvalue weighted by Gasteiger charge is 2.38. The first-order valence-electron chi connectivity index (χ1n) is 7.90. The van der Waals surface area contributed by atoms with Crippen molar-refractivity contribution in [1.82, 2.24) is 14.8 Å². The summed E-state index contributed by atoms with van der Waals surface area (Å²) in [5.74, 6) is 0. The fourth-order valence-electron chi connectivity index (χ4n) is 2.99. The zero-order valence-corrected chi connectivity index (χ0v) is 15.0. The van der Waals surface area contributed by atoms with Gasteiger partial charge in [0.25, 0.3) is 0 Å². The molecule has 5 heteroatoms. The lowest BCUT2D eigenvalue weighted by molar-refractivity contribution is 0.875. The van der Waals surface area contributed by atoms with Crippen LogP contribution in [0.4, 0.5) is 0 Å². The maximum absolute atomic E-state index is 4.20. The average Bonchev–Trinajstić information content (AvgIpc) is 3.21. The van der Waals surface area contributed by atoms with Crippen LogP contribution < -0.4 is 0 Å². The van der Waals surface area contributed by atoms with Gasteiger partial charge in [-0.3, -0.25) is 0 Å². The Morgan fingerprint density at radius 1 is 0.640 bits per heavy atom. The Morgan fingerprint density at radius 3 is 1.44 bits per heavy atom. The van der Waals surface area contributed by atoms with Crippen LogP contribution in [0.5, 0.6) is 0 Å². The summed E-state index contributed by atoms with van der Waals surface area (Å²) in [5.41, 5.74) is 3.60. The molecule has 4 rings (SSSR count). The third kappa shape index (κ3) is 3.08. The predicted octanol–water partition coefficient (Wildman–Crippen LogP) is 5.02. The minimum Gasteiger partial charge on any atom is -0.110 e. The molecule has 4 aromatic rings. The molecule has 0 fully saturated rings. The van der Waals surface area contributed by atoms with Crippen molar-refractivity contribution in [3.05, 3.63) is 108 Å². The van der Waals surface area contributed by atoms with Crippen molar-refractivity contribution in [2.45, 2.75) is 9.09 Å². The molecule has 0 bridgehead atoms. The number of aromatic nitrogens is 3. The maximum Gasteiger partial charge on any atom is 0.195 e. The Labute approximate surface area is 154 Å². The van der Waals surface area contributed by atoms with Crippen LogP contribution in [-0.2, 0) is 4.75 Å². The lowest BCUT2D eigenvalue weighted by Crippen LogP contribution is -2.25. The summed E-state index contributed by atoms with van der Waals surface area (Å²) in [6.07, 6.45) is 0. The quantitative estimate of drug-likeness (QED) is 0.370. The largest absolute Gasteiger partial charge is 0.195 e. The van der Waals surface area contributed by atoms with Crippen molar-refractivity contribution >= 4 is 23.3 Å². The summed E-state index contributed by atoms with van der Waals surface area (Å²) in [5, 5.41) is 7.98. The second kappa shape index (κ2) is 7.17. The lowest BCUT2D eigenvalue weighted by Gasteiger charge is -2.34. The smallest absolute Gasteiger partial charge is 0.110 e. The van der Waals surface area contributed by atoms with Gasteiger partial charge >= 0.3 is 0 Å². The minimum absolute atomic E-state index is 0.412. The normalized spacial score (nSPS) is 11.4. The molecule has 122 valence electrons. The molecule has 3 nitrogen and oxygen atoms in total. The van der Waals surface area contributed by atoms with Crippen molar-refractivity contribution in [2.75, 3.05) is 0 Å². The second-order valence-corrected chi connectivity index (χ2v) is 7.70. The van der Waals surface area contributed by atoms with Crippen molar-refractivity contribution in [1.29, 1.82) is 0 Å². The van der Waals surface area contributed by atoms with Crippen molar-refractivity contribution in [3.8, 4) is 0 Å². The van der Waals surface area contributed by atoms with Crippen LogP contribution in [0.15, 0.2) is 95.3 Å². The third-order valence-corrected chi connectivity index (χ3v) is 6.20. The van der Waals surface area contributed by atoms with E-state index in [4.69, 9.17) is 0 Å². The summed E-state index contributed by atoms with van der Waals surface area (Å²) in [7, 11) is 0. The van der Waals surface area contributed by atoms with Crippen LogP contribution in [0.2, 0.25) is 0 Å². The Kier molecular flexibility index (Phi) is 4.59. The van der Waals surface area contributed by atoms with Crippen LogP contribution in [0.1, 0.15) is 16.7 Å². The van der Waals surface area contributed by atoms with Gasteiger partial charge in [0.05, 0.1) is 4.75 Å². The molecule has 0 aliphatic heterocycles. The second-order valence-electron chi connectivity index (χ2n) is 5.51. The van der Waals surface area contributed by atoms with Crippen LogP contribution >= 0.6 is 23.3 Å². The number of hydrogen-bond acceptors (Lipinski definition) is 5.